The normalized spacial score (nSPS) is 16.8. The van der Waals surface area contributed by atoms with Crippen LogP contribution in [0.1, 0.15) is 21.7 Å². The summed E-state index contributed by atoms with van der Waals surface area (Å²) in [7, 11) is 0. The molecule has 2 N–H and O–H groups in total. The molecule has 9 heteroatoms. The molecule has 0 atom stereocenters. The fourth-order valence-corrected chi connectivity index (χ4v) is 4.12. The Morgan fingerprint density at radius 3 is 2.62 bits per heavy atom. The Morgan fingerprint density at radius 2 is 1.84 bits per heavy atom. The lowest BCUT2D eigenvalue weighted by atomic mass is 10.1. The van der Waals surface area contributed by atoms with Gasteiger partial charge in [0, 0.05) is 11.1 Å². The van der Waals surface area contributed by atoms with Gasteiger partial charge in [-0.1, -0.05) is 42.5 Å². The molecular weight excluding hydrogens is 428 g/mol. The summed E-state index contributed by atoms with van der Waals surface area (Å²) in [6.07, 6.45) is 1.44. The average molecular weight is 442 g/mol. The number of carbonyl (C=O) groups is 2. The van der Waals surface area contributed by atoms with Gasteiger partial charge in [0.05, 0.1) is 11.1 Å². The first kappa shape index (κ1) is 19.7. The number of thioether (sulfide) groups is 1. The smallest absolute Gasteiger partial charge is 0.335 e. The molecule has 1 aromatic heterocycles. The molecule has 3 heterocycles. The second-order valence-corrected chi connectivity index (χ2v) is 7.84. The highest BCUT2D eigenvalue weighted by atomic mass is 32.2. The third-order valence-corrected chi connectivity index (χ3v) is 5.74. The van der Waals surface area contributed by atoms with Crippen molar-refractivity contribution in [3.05, 3.63) is 89.2 Å². The number of nitrogens with one attached hydrogen (secondary N) is 1. The molecule has 5 rings (SSSR count). The van der Waals surface area contributed by atoms with Crippen molar-refractivity contribution in [2.24, 2.45) is 10.1 Å². The number of hydrogen-bond acceptors (Lipinski definition) is 6. The van der Waals surface area contributed by atoms with Crippen LogP contribution in [0.2, 0.25) is 0 Å². The number of amides is 1. The largest absolute Gasteiger partial charge is 0.478 e. The van der Waals surface area contributed by atoms with E-state index in [1.807, 2.05) is 30.3 Å². The van der Waals surface area contributed by atoms with Crippen LogP contribution in [0.5, 0.6) is 0 Å². The van der Waals surface area contributed by atoms with E-state index in [0.29, 0.717) is 27.3 Å². The van der Waals surface area contributed by atoms with E-state index in [4.69, 9.17) is 9.83 Å². The van der Waals surface area contributed by atoms with Crippen LogP contribution in [0.4, 0.5) is 0 Å². The van der Waals surface area contributed by atoms with Gasteiger partial charge in [0.25, 0.3) is 5.91 Å². The van der Waals surface area contributed by atoms with Crippen LogP contribution < -0.4 is 0 Å². The standard InChI is InChI=1S/C23H14N4O4S/c24-19-17(12-16-9-10-18(31-16)14-7-4-8-15(11-14)22(29)30)20(28)25-23-27(19)26-21(32-23)13-5-2-1-3-6-13/h1-12,24H,(H,29,30)/b17-12-,24-19?. The van der Waals surface area contributed by atoms with Crippen LogP contribution in [0.15, 0.2) is 86.8 Å². The number of amidine groups is 2. The van der Waals surface area contributed by atoms with Crippen LogP contribution >= 0.6 is 11.8 Å². The number of hydrogen-bond donors (Lipinski definition) is 2. The fraction of sp³-hybridized carbons (Fsp3) is 0. The second kappa shape index (κ2) is 7.78. The number of aromatic carboxylic acids is 1. The summed E-state index contributed by atoms with van der Waals surface area (Å²) in [6.45, 7) is 0. The summed E-state index contributed by atoms with van der Waals surface area (Å²) < 4.78 is 5.78. The Morgan fingerprint density at radius 1 is 1.06 bits per heavy atom. The van der Waals surface area contributed by atoms with Crippen molar-refractivity contribution in [2.75, 3.05) is 0 Å². The zero-order valence-electron chi connectivity index (χ0n) is 16.4. The molecular formula is C23H14N4O4S. The topological polar surface area (TPSA) is 119 Å². The van der Waals surface area contributed by atoms with Crippen molar-refractivity contribution in [1.29, 1.82) is 5.41 Å². The molecule has 0 saturated carbocycles. The SMILES string of the molecule is N=C1/C(=C/c2ccc(-c3cccc(C(=O)O)c3)o2)C(=O)N=C2SC(c3ccccc3)=NN12. The van der Waals surface area contributed by atoms with Gasteiger partial charge in [0.15, 0.2) is 5.84 Å². The first-order valence-corrected chi connectivity index (χ1v) is 10.3. The van der Waals surface area contributed by atoms with E-state index >= 15 is 0 Å². The maximum atomic E-state index is 12.6. The highest BCUT2D eigenvalue weighted by Crippen LogP contribution is 2.31. The van der Waals surface area contributed by atoms with E-state index in [-0.39, 0.29) is 17.0 Å². The van der Waals surface area contributed by atoms with Gasteiger partial charge in [-0.25, -0.2) is 4.79 Å². The van der Waals surface area contributed by atoms with Crippen LogP contribution in [0.3, 0.4) is 0 Å². The van der Waals surface area contributed by atoms with Gasteiger partial charge in [-0.15, -0.1) is 0 Å². The molecule has 3 aromatic rings. The molecule has 8 nitrogen and oxygen atoms in total. The summed E-state index contributed by atoms with van der Waals surface area (Å²) in [4.78, 5) is 27.9. The number of aliphatic imine (C=N–C) groups is 1. The van der Waals surface area contributed by atoms with Crippen LogP contribution in [-0.2, 0) is 4.79 Å². The van der Waals surface area contributed by atoms with Gasteiger partial charge in [0.1, 0.15) is 16.6 Å². The minimum Gasteiger partial charge on any atom is -0.478 e. The van der Waals surface area contributed by atoms with Crippen LogP contribution in [0.25, 0.3) is 17.4 Å². The van der Waals surface area contributed by atoms with E-state index in [1.165, 1.54) is 35.0 Å². The molecule has 156 valence electrons. The summed E-state index contributed by atoms with van der Waals surface area (Å²) >= 11 is 1.23. The monoisotopic (exact) mass is 442 g/mol. The second-order valence-electron chi connectivity index (χ2n) is 6.88. The summed E-state index contributed by atoms with van der Waals surface area (Å²) in [5.41, 5.74) is 1.66. The number of fused-ring (bicyclic) bond motifs is 1. The summed E-state index contributed by atoms with van der Waals surface area (Å²) in [5.74, 6) is -0.894. The minimum absolute atomic E-state index is 0.0487. The first-order valence-electron chi connectivity index (χ1n) is 9.49. The maximum Gasteiger partial charge on any atom is 0.335 e. The van der Waals surface area contributed by atoms with Gasteiger partial charge in [-0.05, 0) is 42.1 Å². The zero-order valence-corrected chi connectivity index (χ0v) is 17.2. The van der Waals surface area contributed by atoms with Crippen molar-refractivity contribution in [3.63, 3.8) is 0 Å². The number of nitrogens with zero attached hydrogens (tertiary/aromatic N) is 3. The molecule has 0 radical (unpaired) electrons. The van der Waals surface area contributed by atoms with E-state index in [2.05, 4.69) is 10.1 Å². The quantitative estimate of drug-likeness (QED) is 0.581. The lowest BCUT2D eigenvalue weighted by molar-refractivity contribution is -0.114. The molecule has 0 bridgehead atoms. The average Bonchev–Trinajstić information content (AvgIpc) is 3.45. The van der Waals surface area contributed by atoms with E-state index in [1.54, 1.807) is 24.3 Å². The van der Waals surface area contributed by atoms with Crippen molar-refractivity contribution in [2.45, 2.75) is 0 Å². The predicted molar refractivity (Wildman–Crippen MR) is 122 cm³/mol. The van der Waals surface area contributed by atoms with Gasteiger partial charge in [-0.3, -0.25) is 10.2 Å². The Hall–Kier alpha value is -4.24. The maximum absolute atomic E-state index is 12.6. The summed E-state index contributed by atoms with van der Waals surface area (Å²) in [6, 6.07) is 19.2. The molecule has 0 fully saturated rings. The molecule has 2 aliphatic rings. The Balaban J connectivity index is 1.44. The minimum atomic E-state index is -1.03. The molecule has 0 spiro atoms. The fourth-order valence-electron chi connectivity index (χ4n) is 3.22. The van der Waals surface area contributed by atoms with E-state index in [9.17, 15) is 14.7 Å². The van der Waals surface area contributed by atoms with Gasteiger partial charge in [-0.2, -0.15) is 15.1 Å². The van der Waals surface area contributed by atoms with E-state index < -0.39 is 11.9 Å². The Labute approximate surface area is 186 Å². The first-order chi connectivity index (χ1) is 15.5. The lowest BCUT2D eigenvalue weighted by Gasteiger charge is -2.19. The number of hydrazone groups is 1. The summed E-state index contributed by atoms with van der Waals surface area (Å²) in [5, 5.41) is 24.4. The highest BCUT2D eigenvalue weighted by molar-refractivity contribution is 8.27. The van der Waals surface area contributed by atoms with Crippen molar-refractivity contribution < 1.29 is 19.1 Å². The highest BCUT2D eigenvalue weighted by Gasteiger charge is 2.36. The number of carboxylic acids is 1. The lowest BCUT2D eigenvalue weighted by Crippen LogP contribution is -2.35. The molecule has 0 aliphatic carbocycles. The Kier molecular flexibility index (Phi) is 4.79. The number of carboxylic acid groups (broad SMARTS) is 1. The number of carbonyl (C=O) groups excluding carboxylic acids is 1. The van der Waals surface area contributed by atoms with E-state index in [0.717, 1.165) is 5.56 Å². The number of rotatable bonds is 4. The molecule has 0 unspecified atom stereocenters. The van der Waals surface area contributed by atoms with Gasteiger partial charge >= 0.3 is 5.97 Å². The molecule has 32 heavy (non-hydrogen) atoms. The van der Waals surface area contributed by atoms with Gasteiger partial charge < -0.3 is 9.52 Å². The molecule has 1 amide bonds. The zero-order chi connectivity index (χ0) is 22.2. The van der Waals surface area contributed by atoms with Crippen molar-refractivity contribution in [3.8, 4) is 11.3 Å². The molecule has 2 aliphatic heterocycles. The molecule has 0 saturated heterocycles. The van der Waals surface area contributed by atoms with Crippen LogP contribution in [0, 0.1) is 5.41 Å². The predicted octanol–water partition coefficient (Wildman–Crippen LogP) is 4.31. The number of furan rings is 1. The van der Waals surface area contributed by atoms with Crippen molar-refractivity contribution >= 4 is 45.8 Å². The van der Waals surface area contributed by atoms with Crippen molar-refractivity contribution in [1.82, 2.24) is 5.01 Å². The number of benzene rings is 2. The Bertz CT molecular complexity index is 1370. The third-order valence-electron chi connectivity index (χ3n) is 4.78. The molecule has 2 aromatic carbocycles. The third kappa shape index (κ3) is 3.54. The van der Waals surface area contributed by atoms with Gasteiger partial charge in [0.2, 0.25) is 5.17 Å². The van der Waals surface area contributed by atoms with Crippen LogP contribution in [-0.4, -0.2) is 38.0 Å².